The van der Waals surface area contributed by atoms with Crippen molar-refractivity contribution in [3.63, 3.8) is 0 Å². The van der Waals surface area contributed by atoms with E-state index in [0.29, 0.717) is 25.9 Å². The third-order valence-electron chi connectivity index (χ3n) is 17.6. The average molecular weight is 1360 g/mol. The number of alkyl carbamates (subject to hydrolysis) is 1. The van der Waals surface area contributed by atoms with Crippen LogP contribution in [0.4, 0.5) is 4.79 Å². The minimum atomic E-state index is -4.84. The standard InChI is InChI=1S/C77H127N2O14PSi/c1-9-12-15-18-21-24-27-29-32-40-49-65(50-41-33-30-28-25-22-19-16-13-10-2)75(82)90-73-69(78-71(80)58-68(89-63-85-56-57-95(6,7)8)55-42-34-31-26-23-20-17-14-11-3)61-86-70(62-87-72(81)59-77(4,5)79-76(83)88-60-64-47-38-35-39-48-64)74(73)93-94(84,91-66-51-43-36-44-52-66)92-67-53-45-37-46-54-67/h35-39,43-48,51-54,65,68-70,73-74H,9-34,40-42,49-50,55-63H2,1-8H3,(H,78,80)(H,79,83)/t68-,69+,70-,73-,74-/m1/s1. The van der Waals surface area contributed by atoms with Gasteiger partial charge in [-0.15, -0.1) is 0 Å². The highest BCUT2D eigenvalue weighted by molar-refractivity contribution is 7.49. The number of unbranched alkanes of at least 4 members (excludes halogenated alkanes) is 26. The normalized spacial score (nSPS) is 16.3. The first-order chi connectivity index (χ1) is 45.9. The minimum Gasteiger partial charge on any atom is -0.463 e. The second-order valence-corrected chi connectivity index (χ2v) is 35.4. The molecule has 3 aromatic rings. The molecule has 1 saturated heterocycles. The molecule has 95 heavy (non-hydrogen) atoms. The highest BCUT2D eigenvalue weighted by atomic mass is 31.2. The molecule has 1 aliphatic rings. The molecule has 0 aliphatic carbocycles. The van der Waals surface area contributed by atoms with Crippen molar-refractivity contribution in [1.82, 2.24) is 10.6 Å². The van der Waals surface area contributed by atoms with Gasteiger partial charge in [0.1, 0.15) is 43.7 Å². The quantitative estimate of drug-likeness (QED) is 0.0135. The second-order valence-electron chi connectivity index (χ2n) is 28.3. The van der Waals surface area contributed by atoms with Gasteiger partial charge in [-0.1, -0.05) is 293 Å². The van der Waals surface area contributed by atoms with Crippen LogP contribution < -0.4 is 19.7 Å². The molecule has 0 unspecified atom stereocenters. The van der Waals surface area contributed by atoms with Crippen LogP contribution in [-0.4, -0.2) is 94.6 Å². The van der Waals surface area contributed by atoms with Gasteiger partial charge in [-0.3, -0.25) is 18.9 Å². The number of nitrogens with one attached hydrogen (secondary N) is 2. The van der Waals surface area contributed by atoms with Gasteiger partial charge in [-0.05, 0) is 69.0 Å². The maximum atomic E-state index is 15.7. The monoisotopic (exact) mass is 1360 g/mol. The molecule has 0 spiro atoms. The summed E-state index contributed by atoms with van der Waals surface area (Å²) in [5.74, 6) is -1.71. The third-order valence-corrected chi connectivity index (χ3v) is 20.6. The van der Waals surface area contributed by atoms with Gasteiger partial charge in [-0.25, -0.2) is 9.36 Å². The fourth-order valence-electron chi connectivity index (χ4n) is 11.8. The highest BCUT2D eigenvalue weighted by Gasteiger charge is 2.51. The van der Waals surface area contributed by atoms with Gasteiger partial charge in [0.25, 0.3) is 0 Å². The summed E-state index contributed by atoms with van der Waals surface area (Å²) in [7, 11) is -6.21. The van der Waals surface area contributed by atoms with Crippen molar-refractivity contribution in [2.45, 2.75) is 321 Å². The number of hydrogen-bond donors (Lipinski definition) is 2. The van der Waals surface area contributed by atoms with Crippen LogP contribution >= 0.6 is 7.82 Å². The second kappa shape index (κ2) is 49.7. The molecule has 16 nitrogen and oxygen atoms in total. The SMILES string of the molecule is CCCCCCCCCCCCC(CCCCCCCCCCCC)C(=O)O[C@H]1[C@H](OP(=O)(Oc2ccccc2)Oc2ccccc2)[C@@H](COC(=O)CC(C)(C)NC(=O)OCc2ccccc2)OC[C@@H]1NC(=O)C[C@@H](CCCCCCCCCCC)OCOCC[Si](C)(C)C. The molecule has 4 rings (SSSR count). The number of para-hydroxylation sites is 2. The molecular formula is C77H127N2O14PSi. The lowest BCUT2D eigenvalue weighted by atomic mass is 9.93. The van der Waals surface area contributed by atoms with E-state index < -0.39 is 82.4 Å². The van der Waals surface area contributed by atoms with E-state index in [-0.39, 0.29) is 50.3 Å². The van der Waals surface area contributed by atoms with Gasteiger partial charge in [0.2, 0.25) is 5.91 Å². The van der Waals surface area contributed by atoms with Crippen LogP contribution in [0.5, 0.6) is 11.5 Å². The van der Waals surface area contributed by atoms with Gasteiger partial charge >= 0.3 is 25.9 Å². The summed E-state index contributed by atoms with van der Waals surface area (Å²) in [5.41, 5.74) is -0.324. The molecule has 2 N–H and O–H groups in total. The molecule has 0 radical (unpaired) electrons. The predicted molar refractivity (Wildman–Crippen MR) is 384 cm³/mol. The lowest BCUT2D eigenvalue weighted by molar-refractivity contribution is -0.195. The Bertz CT molecular complexity index is 2440. The molecular weight excluding hydrogens is 1240 g/mol. The average Bonchev–Trinajstić information content (AvgIpc) is 0.792. The first kappa shape index (κ1) is 82.7. The van der Waals surface area contributed by atoms with Crippen molar-refractivity contribution in [2.75, 3.05) is 26.6 Å². The van der Waals surface area contributed by atoms with Crippen LogP contribution in [0.1, 0.15) is 258 Å². The van der Waals surface area contributed by atoms with Gasteiger partial charge in [0, 0.05) is 20.2 Å². The Morgan fingerprint density at radius 2 is 1.04 bits per heavy atom. The molecule has 2 amide bonds. The Hall–Kier alpha value is -4.77. The van der Waals surface area contributed by atoms with E-state index in [0.717, 1.165) is 82.2 Å². The van der Waals surface area contributed by atoms with Crippen molar-refractivity contribution in [1.29, 1.82) is 0 Å². The zero-order valence-corrected chi connectivity index (χ0v) is 62.0. The number of phosphoric ester groups is 1. The largest absolute Gasteiger partial charge is 0.588 e. The molecule has 18 heteroatoms. The van der Waals surface area contributed by atoms with E-state index in [4.69, 9.17) is 42.0 Å². The van der Waals surface area contributed by atoms with E-state index in [1.54, 1.807) is 74.5 Å². The van der Waals surface area contributed by atoms with Gasteiger partial charge in [-0.2, -0.15) is 0 Å². The van der Waals surface area contributed by atoms with Crippen LogP contribution in [-0.2, 0) is 58.5 Å². The minimum absolute atomic E-state index is 0.0193. The zero-order chi connectivity index (χ0) is 68.7. The Labute approximate surface area is 575 Å². The summed E-state index contributed by atoms with van der Waals surface area (Å²) < 4.78 is 72.3. The maximum absolute atomic E-state index is 15.7. The molecule has 0 saturated carbocycles. The molecule has 538 valence electrons. The van der Waals surface area contributed by atoms with E-state index in [9.17, 15) is 14.4 Å². The topological polar surface area (TPSA) is 192 Å². The number of benzene rings is 3. The molecule has 0 bridgehead atoms. The van der Waals surface area contributed by atoms with Crippen molar-refractivity contribution in [3.05, 3.63) is 96.6 Å². The van der Waals surface area contributed by atoms with E-state index in [1.165, 1.54) is 116 Å². The number of amides is 2. The van der Waals surface area contributed by atoms with Crippen molar-refractivity contribution >= 4 is 39.8 Å². The smallest absolute Gasteiger partial charge is 0.463 e. The fraction of sp³-hybridized carbons (Fsp3) is 0.714. The molecule has 1 fully saturated rings. The number of phosphoric acid groups is 1. The van der Waals surface area contributed by atoms with Crippen molar-refractivity contribution in [3.8, 4) is 11.5 Å². The van der Waals surface area contributed by atoms with Gasteiger partial charge in [0.05, 0.1) is 37.5 Å². The molecule has 3 aromatic carbocycles. The summed E-state index contributed by atoms with van der Waals surface area (Å²) in [6, 6.07) is 26.1. The lowest BCUT2D eigenvalue weighted by Gasteiger charge is -2.42. The van der Waals surface area contributed by atoms with E-state index in [2.05, 4.69) is 51.0 Å². The van der Waals surface area contributed by atoms with Crippen molar-refractivity contribution < 1.29 is 65.7 Å². The lowest BCUT2D eigenvalue weighted by Crippen LogP contribution is -2.62. The molecule has 1 aliphatic heterocycles. The maximum Gasteiger partial charge on any atom is 0.588 e. The highest BCUT2D eigenvalue weighted by Crippen LogP contribution is 2.52. The summed E-state index contributed by atoms with van der Waals surface area (Å²) in [6.45, 7) is 16.9. The summed E-state index contributed by atoms with van der Waals surface area (Å²) in [6.07, 6.45) is 29.6. The Morgan fingerprint density at radius 3 is 1.52 bits per heavy atom. The number of carbonyl (C=O) groups is 4. The fourth-order valence-corrected chi connectivity index (χ4v) is 14.0. The number of hydrogen-bond acceptors (Lipinski definition) is 14. The number of esters is 2. The van der Waals surface area contributed by atoms with Crippen LogP contribution in [0.2, 0.25) is 25.7 Å². The number of rotatable bonds is 56. The first-order valence-electron chi connectivity index (χ1n) is 37.1. The Morgan fingerprint density at radius 1 is 0.589 bits per heavy atom. The summed E-state index contributed by atoms with van der Waals surface area (Å²) in [5, 5.41) is 5.96. The van der Waals surface area contributed by atoms with E-state index >= 15 is 9.36 Å². The first-order valence-corrected chi connectivity index (χ1v) is 42.3. The Balaban J connectivity index is 1.72. The van der Waals surface area contributed by atoms with Crippen LogP contribution in [0.15, 0.2) is 91.0 Å². The van der Waals surface area contributed by atoms with Crippen LogP contribution in [0.3, 0.4) is 0 Å². The van der Waals surface area contributed by atoms with Crippen LogP contribution in [0.25, 0.3) is 0 Å². The van der Waals surface area contributed by atoms with Gasteiger partial charge in [0.15, 0.2) is 6.10 Å². The number of carbonyl (C=O) groups excluding carboxylic acids is 4. The summed E-state index contributed by atoms with van der Waals surface area (Å²) >= 11 is 0. The van der Waals surface area contributed by atoms with Crippen LogP contribution in [0, 0.1) is 5.92 Å². The molecule has 1 heterocycles. The zero-order valence-electron chi connectivity index (χ0n) is 60.1. The number of ether oxygens (including phenoxy) is 6. The third kappa shape index (κ3) is 39.4. The molecule has 0 aromatic heterocycles. The predicted octanol–water partition coefficient (Wildman–Crippen LogP) is 20.3. The van der Waals surface area contributed by atoms with Crippen molar-refractivity contribution in [2.24, 2.45) is 5.92 Å². The molecule has 5 atom stereocenters. The van der Waals surface area contributed by atoms with Gasteiger partial charge < -0.3 is 48.1 Å². The summed E-state index contributed by atoms with van der Waals surface area (Å²) in [4.78, 5) is 57.3. The van der Waals surface area contributed by atoms with E-state index in [1.807, 2.05) is 30.3 Å². The Kier molecular flexibility index (Phi) is 43.2.